The van der Waals surface area contributed by atoms with Crippen LogP contribution in [0, 0.1) is 0 Å². The van der Waals surface area contributed by atoms with Crippen molar-refractivity contribution in [3.8, 4) is 0 Å². The van der Waals surface area contributed by atoms with Gasteiger partial charge in [-0.2, -0.15) is 5.10 Å². The minimum absolute atomic E-state index is 0.0557. The number of anilines is 1. The number of hydrogen-bond donors (Lipinski definition) is 1. The van der Waals surface area contributed by atoms with Crippen LogP contribution in [0.5, 0.6) is 0 Å². The summed E-state index contributed by atoms with van der Waals surface area (Å²) in [5, 5.41) is 13.6. The van der Waals surface area contributed by atoms with Gasteiger partial charge in [-0.3, -0.25) is 0 Å². The van der Waals surface area contributed by atoms with Crippen molar-refractivity contribution in [3.63, 3.8) is 0 Å². The third-order valence-corrected chi connectivity index (χ3v) is 2.89. The maximum absolute atomic E-state index is 5.37. The number of aromatic nitrogens is 2. The first-order valence-electron chi connectivity index (χ1n) is 5.85. The van der Waals surface area contributed by atoms with E-state index in [9.17, 15) is 0 Å². The summed E-state index contributed by atoms with van der Waals surface area (Å²) in [6.45, 7) is 2.03. The SMILES string of the molecule is CC(Nc1nncc2ccccc12)c1ccco1. The van der Waals surface area contributed by atoms with Crippen molar-refractivity contribution < 1.29 is 4.42 Å². The van der Waals surface area contributed by atoms with E-state index in [4.69, 9.17) is 4.42 Å². The summed E-state index contributed by atoms with van der Waals surface area (Å²) in [5.41, 5.74) is 0. The van der Waals surface area contributed by atoms with Crippen molar-refractivity contribution in [2.75, 3.05) is 5.32 Å². The lowest BCUT2D eigenvalue weighted by atomic mass is 10.2. The summed E-state index contributed by atoms with van der Waals surface area (Å²) >= 11 is 0. The summed E-state index contributed by atoms with van der Waals surface area (Å²) in [5.74, 6) is 1.65. The number of furan rings is 1. The van der Waals surface area contributed by atoms with Gasteiger partial charge in [0.15, 0.2) is 5.82 Å². The highest BCUT2D eigenvalue weighted by atomic mass is 16.3. The first kappa shape index (κ1) is 10.8. The molecular formula is C14H13N3O. The second kappa shape index (κ2) is 4.49. The Balaban J connectivity index is 1.95. The third kappa shape index (κ3) is 1.93. The molecule has 1 atom stereocenters. The highest BCUT2D eigenvalue weighted by molar-refractivity contribution is 5.90. The van der Waals surface area contributed by atoms with Crippen molar-refractivity contribution >= 4 is 16.6 Å². The zero-order valence-corrected chi connectivity index (χ0v) is 10.00. The van der Waals surface area contributed by atoms with Gasteiger partial charge in [0.1, 0.15) is 5.76 Å². The highest BCUT2D eigenvalue weighted by Crippen LogP contribution is 2.24. The van der Waals surface area contributed by atoms with Crippen LogP contribution in [0.2, 0.25) is 0 Å². The number of fused-ring (bicyclic) bond motifs is 1. The van der Waals surface area contributed by atoms with Crippen LogP contribution in [-0.4, -0.2) is 10.2 Å². The van der Waals surface area contributed by atoms with E-state index in [1.807, 2.05) is 43.3 Å². The molecule has 1 N–H and O–H groups in total. The zero-order chi connectivity index (χ0) is 12.4. The number of nitrogens with one attached hydrogen (secondary N) is 1. The molecule has 0 saturated carbocycles. The molecule has 90 valence electrons. The number of nitrogens with zero attached hydrogens (tertiary/aromatic N) is 2. The Hall–Kier alpha value is -2.36. The van der Waals surface area contributed by atoms with Gasteiger partial charge in [-0.1, -0.05) is 24.3 Å². The third-order valence-electron chi connectivity index (χ3n) is 2.89. The molecule has 2 aromatic heterocycles. The van der Waals surface area contributed by atoms with Crippen LogP contribution in [0.3, 0.4) is 0 Å². The average molecular weight is 239 g/mol. The lowest BCUT2D eigenvalue weighted by Gasteiger charge is -2.13. The lowest BCUT2D eigenvalue weighted by Crippen LogP contribution is -2.08. The molecule has 1 aromatic carbocycles. The van der Waals surface area contributed by atoms with E-state index >= 15 is 0 Å². The molecule has 0 aliphatic heterocycles. The van der Waals surface area contributed by atoms with Crippen LogP contribution in [0.1, 0.15) is 18.7 Å². The van der Waals surface area contributed by atoms with Crippen LogP contribution in [-0.2, 0) is 0 Å². The molecule has 2 heterocycles. The first-order valence-corrected chi connectivity index (χ1v) is 5.85. The van der Waals surface area contributed by atoms with Gasteiger partial charge in [0.25, 0.3) is 0 Å². The summed E-state index contributed by atoms with van der Waals surface area (Å²) in [7, 11) is 0. The van der Waals surface area contributed by atoms with Gasteiger partial charge in [0.05, 0.1) is 18.5 Å². The van der Waals surface area contributed by atoms with E-state index in [2.05, 4.69) is 15.5 Å². The van der Waals surface area contributed by atoms with Gasteiger partial charge >= 0.3 is 0 Å². The first-order chi connectivity index (χ1) is 8.84. The van der Waals surface area contributed by atoms with Gasteiger partial charge < -0.3 is 9.73 Å². The summed E-state index contributed by atoms with van der Waals surface area (Å²) in [6.07, 6.45) is 3.43. The van der Waals surface area contributed by atoms with E-state index in [0.29, 0.717) is 0 Å². The van der Waals surface area contributed by atoms with Crippen LogP contribution in [0.4, 0.5) is 5.82 Å². The molecule has 0 saturated heterocycles. The maximum atomic E-state index is 5.37. The van der Waals surface area contributed by atoms with Crippen LogP contribution in [0.25, 0.3) is 10.8 Å². The Kier molecular flexibility index (Phi) is 2.68. The van der Waals surface area contributed by atoms with Gasteiger partial charge in [0.2, 0.25) is 0 Å². The van der Waals surface area contributed by atoms with Crippen molar-refractivity contribution in [2.24, 2.45) is 0 Å². The van der Waals surface area contributed by atoms with Gasteiger partial charge in [-0.15, -0.1) is 5.10 Å². The summed E-state index contributed by atoms with van der Waals surface area (Å²) in [4.78, 5) is 0. The molecule has 4 heteroatoms. The van der Waals surface area contributed by atoms with E-state index in [1.54, 1.807) is 12.5 Å². The predicted octanol–water partition coefficient (Wildman–Crippen LogP) is 3.40. The Morgan fingerprint density at radius 2 is 2.06 bits per heavy atom. The molecule has 4 nitrogen and oxygen atoms in total. The predicted molar refractivity (Wildman–Crippen MR) is 70.3 cm³/mol. The van der Waals surface area contributed by atoms with Crippen molar-refractivity contribution in [1.29, 1.82) is 0 Å². The fraction of sp³-hybridized carbons (Fsp3) is 0.143. The molecule has 1 unspecified atom stereocenters. The molecule has 3 aromatic rings. The van der Waals surface area contributed by atoms with Gasteiger partial charge in [-0.25, -0.2) is 0 Å². The molecule has 18 heavy (non-hydrogen) atoms. The Labute approximate surface area is 105 Å². The Morgan fingerprint density at radius 3 is 2.89 bits per heavy atom. The van der Waals surface area contributed by atoms with E-state index in [1.165, 1.54) is 0 Å². The fourth-order valence-corrected chi connectivity index (χ4v) is 1.95. The molecule has 0 aliphatic carbocycles. The maximum Gasteiger partial charge on any atom is 0.157 e. The van der Waals surface area contributed by atoms with E-state index < -0.39 is 0 Å². The number of benzene rings is 1. The summed E-state index contributed by atoms with van der Waals surface area (Å²) < 4.78 is 5.37. The van der Waals surface area contributed by atoms with E-state index in [0.717, 1.165) is 22.4 Å². The molecule has 0 spiro atoms. The Bertz CT molecular complexity index is 644. The fourth-order valence-electron chi connectivity index (χ4n) is 1.95. The van der Waals surface area contributed by atoms with Crippen LogP contribution in [0.15, 0.2) is 53.3 Å². The molecule has 0 amide bonds. The molecule has 0 bridgehead atoms. The molecular weight excluding hydrogens is 226 g/mol. The molecule has 3 rings (SSSR count). The van der Waals surface area contributed by atoms with E-state index in [-0.39, 0.29) is 6.04 Å². The van der Waals surface area contributed by atoms with Crippen LogP contribution < -0.4 is 5.32 Å². The number of hydrogen-bond acceptors (Lipinski definition) is 4. The second-order valence-electron chi connectivity index (χ2n) is 4.16. The largest absolute Gasteiger partial charge is 0.467 e. The highest BCUT2D eigenvalue weighted by Gasteiger charge is 2.10. The molecule has 0 fully saturated rings. The topological polar surface area (TPSA) is 51.0 Å². The number of rotatable bonds is 3. The lowest BCUT2D eigenvalue weighted by molar-refractivity contribution is 0.490. The minimum Gasteiger partial charge on any atom is -0.467 e. The quantitative estimate of drug-likeness (QED) is 0.761. The van der Waals surface area contributed by atoms with Gasteiger partial charge in [-0.05, 0) is 19.1 Å². The smallest absolute Gasteiger partial charge is 0.157 e. The van der Waals surface area contributed by atoms with Crippen molar-refractivity contribution in [2.45, 2.75) is 13.0 Å². The molecule has 0 aliphatic rings. The van der Waals surface area contributed by atoms with Gasteiger partial charge in [0, 0.05) is 10.8 Å². The zero-order valence-electron chi connectivity index (χ0n) is 10.00. The monoisotopic (exact) mass is 239 g/mol. The average Bonchev–Trinajstić information content (AvgIpc) is 2.93. The van der Waals surface area contributed by atoms with Crippen molar-refractivity contribution in [1.82, 2.24) is 10.2 Å². The summed E-state index contributed by atoms with van der Waals surface area (Å²) in [6, 6.07) is 11.9. The Morgan fingerprint density at radius 1 is 1.17 bits per heavy atom. The van der Waals surface area contributed by atoms with Crippen LogP contribution >= 0.6 is 0 Å². The minimum atomic E-state index is 0.0557. The van der Waals surface area contributed by atoms with Crippen molar-refractivity contribution in [3.05, 3.63) is 54.6 Å². The normalized spacial score (nSPS) is 12.5. The standard InChI is InChI=1S/C14H13N3O/c1-10(13-7-4-8-18-13)16-14-12-6-3-2-5-11(12)9-15-17-14/h2-10H,1H3,(H,16,17). The molecule has 0 radical (unpaired) electrons. The second-order valence-corrected chi connectivity index (χ2v) is 4.16.